The number of piperidine rings is 1. The molecule has 0 bridgehead atoms. The number of phenols is 1. The van der Waals surface area contributed by atoms with Crippen LogP contribution in [0.25, 0.3) is 0 Å². The third kappa shape index (κ3) is 2.97. The van der Waals surface area contributed by atoms with E-state index in [9.17, 15) is 9.90 Å². The van der Waals surface area contributed by atoms with Crippen LogP contribution in [0.2, 0.25) is 0 Å². The molecule has 0 radical (unpaired) electrons. The van der Waals surface area contributed by atoms with E-state index < -0.39 is 0 Å². The van der Waals surface area contributed by atoms with Crippen molar-refractivity contribution < 1.29 is 9.90 Å². The second-order valence-electron chi connectivity index (χ2n) is 4.09. The maximum Gasteiger partial charge on any atom is 0.220 e. The molecule has 1 aliphatic heterocycles. The van der Waals surface area contributed by atoms with Crippen molar-refractivity contribution in [2.45, 2.75) is 25.4 Å². The lowest BCUT2D eigenvalue weighted by Crippen LogP contribution is -2.45. The lowest BCUT2D eigenvalue weighted by atomic mass is 10.1. The fourth-order valence-corrected chi connectivity index (χ4v) is 1.84. The summed E-state index contributed by atoms with van der Waals surface area (Å²) in [5.74, 6) is 0.423. The van der Waals surface area contributed by atoms with Crippen molar-refractivity contribution in [3.8, 4) is 5.75 Å². The Kier molecular flexibility index (Phi) is 3.41. The highest BCUT2D eigenvalue weighted by Gasteiger charge is 2.16. The van der Waals surface area contributed by atoms with Crippen LogP contribution in [-0.4, -0.2) is 23.6 Å². The van der Waals surface area contributed by atoms with Gasteiger partial charge in [0.2, 0.25) is 5.91 Å². The van der Waals surface area contributed by atoms with E-state index in [1.54, 1.807) is 12.1 Å². The van der Waals surface area contributed by atoms with E-state index in [1.807, 2.05) is 12.1 Å². The Morgan fingerprint density at radius 2 is 2.38 bits per heavy atom. The molecule has 1 aromatic rings. The minimum absolute atomic E-state index is 0.135. The summed E-state index contributed by atoms with van der Waals surface area (Å²) in [5.41, 5.74) is 1.05. The van der Waals surface area contributed by atoms with E-state index in [1.165, 1.54) is 0 Å². The number of benzene rings is 1. The summed E-state index contributed by atoms with van der Waals surface area (Å²) >= 11 is 0. The second-order valence-corrected chi connectivity index (χ2v) is 4.09. The van der Waals surface area contributed by atoms with Gasteiger partial charge in [-0.15, -0.1) is 0 Å². The van der Waals surface area contributed by atoms with Gasteiger partial charge in [-0.2, -0.15) is 0 Å². The van der Waals surface area contributed by atoms with E-state index in [0.717, 1.165) is 18.5 Å². The van der Waals surface area contributed by atoms with Crippen LogP contribution in [-0.2, 0) is 11.3 Å². The number of hydrogen-bond donors (Lipinski definition) is 3. The molecule has 3 N–H and O–H groups in total. The van der Waals surface area contributed by atoms with Crippen molar-refractivity contribution in [2.75, 3.05) is 6.54 Å². The third-order valence-electron chi connectivity index (χ3n) is 2.77. The molecular weight excluding hydrogens is 204 g/mol. The number of aromatic hydroxyl groups is 1. The van der Waals surface area contributed by atoms with E-state index in [-0.39, 0.29) is 11.7 Å². The van der Waals surface area contributed by atoms with Crippen LogP contribution in [0.1, 0.15) is 18.4 Å². The number of phenolic OH excluding ortho intramolecular Hbond substituents is 1. The predicted molar refractivity (Wildman–Crippen MR) is 61.0 cm³/mol. The quantitative estimate of drug-likeness (QED) is 0.704. The topological polar surface area (TPSA) is 61.4 Å². The van der Waals surface area contributed by atoms with Crippen LogP contribution in [0.4, 0.5) is 0 Å². The van der Waals surface area contributed by atoms with Crippen molar-refractivity contribution >= 4 is 5.91 Å². The maximum absolute atomic E-state index is 11.0. The minimum Gasteiger partial charge on any atom is -0.508 e. The molecule has 4 heteroatoms. The molecule has 0 aliphatic carbocycles. The Bertz CT molecular complexity index is 369. The zero-order chi connectivity index (χ0) is 11.4. The van der Waals surface area contributed by atoms with Crippen LogP contribution in [0.3, 0.4) is 0 Å². The first-order valence-electron chi connectivity index (χ1n) is 5.52. The van der Waals surface area contributed by atoms with Gasteiger partial charge < -0.3 is 15.7 Å². The molecular formula is C12H16N2O2. The highest BCUT2D eigenvalue weighted by molar-refractivity contribution is 5.76. The van der Waals surface area contributed by atoms with Crippen molar-refractivity contribution in [3.63, 3.8) is 0 Å². The summed E-state index contributed by atoms with van der Waals surface area (Å²) in [7, 11) is 0. The Hall–Kier alpha value is -1.55. The zero-order valence-electron chi connectivity index (χ0n) is 9.07. The van der Waals surface area contributed by atoms with E-state index in [0.29, 0.717) is 19.0 Å². The van der Waals surface area contributed by atoms with Gasteiger partial charge in [-0.05, 0) is 24.1 Å². The summed E-state index contributed by atoms with van der Waals surface area (Å²) in [6, 6.07) is 7.53. The van der Waals surface area contributed by atoms with Crippen LogP contribution in [0.5, 0.6) is 5.75 Å². The van der Waals surface area contributed by atoms with Gasteiger partial charge in [0.25, 0.3) is 0 Å². The van der Waals surface area contributed by atoms with Gasteiger partial charge in [0.1, 0.15) is 5.75 Å². The summed E-state index contributed by atoms with van der Waals surface area (Å²) < 4.78 is 0. The number of rotatable bonds is 3. The average molecular weight is 220 g/mol. The first-order valence-corrected chi connectivity index (χ1v) is 5.52. The SMILES string of the molecule is O=C1CCC(NCc2cccc(O)c2)CN1. The van der Waals surface area contributed by atoms with E-state index >= 15 is 0 Å². The van der Waals surface area contributed by atoms with Crippen molar-refractivity contribution in [1.82, 2.24) is 10.6 Å². The van der Waals surface area contributed by atoms with Gasteiger partial charge in [0, 0.05) is 25.6 Å². The molecule has 16 heavy (non-hydrogen) atoms. The van der Waals surface area contributed by atoms with Gasteiger partial charge in [-0.1, -0.05) is 12.1 Å². The molecule has 0 spiro atoms. The maximum atomic E-state index is 11.0. The van der Waals surface area contributed by atoms with Crippen molar-refractivity contribution in [3.05, 3.63) is 29.8 Å². The summed E-state index contributed by atoms with van der Waals surface area (Å²) in [6.45, 7) is 1.41. The molecule has 1 heterocycles. The molecule has 1 amide bonds. The first-order chi connectivity index (χ1) is 7.74. The number of amides is 1. The average Bonchev–Trinajstić information content (AvgIpc) is 2.28. The van der Waals surface area contributed by atoms with Crippen LogP contribution >= 0.6 is 0 Å². The molecule has 0 aromatic heterocycles. The summed E-state index contributed by atoms with van der Waals surface area (Å²) in [4.78, 5) is 11.0. The normalized spacial score (nSPS) is 20.5. The molecule has 4 nitrogen and oxygen atoms in total. The largest absolute Gasteiger partial charge is 0.508 e. The molecule has 1 aromatic carbocycles. The van der Waals surface area contributed by atoms with E-state index in [2.05, 4.69) is 10.6 Å². The lowest BCUT2D eigenvalue weighted by molar-refractivity contribution is -0.122. The van der Waals surface area contributed by atoms with Crippen LogP contribution < -0.4 is 10.6 Å². The molecule has 86 valence electrons. The molecule has 1 aliphatic rings. The third-order valence-corrected chi connectivity index (χ3v) is 2.77. The molecule has 1 unspecified atom stereocenters. The van der Waals surface area contributed by atoms with Gasteiger partial charge in [0.05, 0.1) is 0 Å². The van der Waals surface area contributed by atoms with Crippen LogP contribution in [0, 0.1) is 0 Å². The molecule has 1 fully saturated rings. The molecule has 1 saturated heterocycles. The van der Waals surface area contributed by atoms with Crippen LogP contribution in [0.15, 0.2) is 24.3 Å². The highest BCUT2D eigenvalue weighted by Crippen LogP contribution is 2.11. The minimum atomic E-state index is 0.135. The van der Waals surface area contributed by atoms with Gasteiger partial charge in [-0.3, -0.25) is 4.79 Å². The number of carbonyl (C=O) groups excluding carboxylic acids is 1. The lowest BCUT2D eigenvalue weighted by Gasteiger charge is -2.23. The Morgan fingerprint density at radius 3 is 3.06 bits per heavy atom. The van der Waals surface area contributed by atoms with E-state index in [4.69, 9.17) is 0 Å². The number of hydrogen-bond acceptors (Lipinski definition) is 3. The first kappa shape index (κ1) is 11.0. The summed E-state index contributed by atoms with van der Waals surface area (Å²) in [5, 5.41) is 15.5. The Morgan fingerprint density at radius 1 is 1.50 bits per heavy atom. The van der Waals surface area contributed by atoms with Crippen molar-refractivity contribution in [1.29, 1.82) is 0 Å². The van der Waals surface area contributed by atoms with Gasteiger partial charge in [-0.25, -0.2) is 0 Å². The highest BCUT2D eigenvalue weighted by atomic mass is 16.3. The Labute approximate surface area is 94.7 Å². The van der Waals surface area contributed by atoms with Gasteiger partial charge >= 0.3 is 0 Å². The number of nitrogens with one attached hydrogen (secondary N) is 2. The van der Waals surface area contributed by atoms with Crippen molar-refractivity contribution in [2.24, 2.45) is 0 Å². The summed E-state index contributed by atoms with van der Waals surface area (Å²) in [6.07, 6.45) is 1.47. The smallest absolute Gasteiger partial charge is 0.220 e. The molecule has 1 atom stereocenters. The Balaban J connectivity index is 1.81. The second kappa shape index (κ2) is 4.99. The predicted octanol–water partition coefficient (Wildman–Crippen LogP) is 0.760. The molecule has 2 rings (SSSR count). The zero-order valence-corrected chi connectivity index (χ0v) is 9.07. The molecule has 0 saturated carbocycles. The van der Waals surface area contributed by atoms with Gasteiger partial charge in [0.15, 0.2) is 0 Å². The number of carbonyl (C=O) groups is 1. The standard InChI is InChI=1S/C12H16N2O2/c15-11-3-1-2-9(6-11)7-13-10-4-5-12(16)14-8-10/h1-3,6,10,13,15H,4-5,7-8H2,(H,14,16). The fourth-order valence-electron chi connectivity index (χ4n) is 1.84. The fraction of sp³-hybridized carbons (Fsp3) is 0.417. The monoisotopic (exact) mass is 220 g/mol.